The van der Waals surface area contributed by atoms with Gasteiger partial charge < -0.3 is 16.0 Å². The Morgan fingerprint density at radius 1 is 1.15 bits per heavy atom. The topological polar surface area (TPSA) is 75.4 Å². The van der Waals surface area contributed by atoms with E-state index in [4.69, 9.17) is 17.3 Å². The van der Waals surface area contributed by atoms with Crippen molar-refractivity contribution in [3.8, 4) is 0 Å². The van der Waals surface area contributed by atoms with Gasteiger partial charge in [0.1, 0.15) is 0 Å². The van der Waals surface area contributed by atoms with Crippen LogP contribution in [-0.4, -0.2) is 24.9 Å². The number of rotatable bonds is 5. The van der Waals surface area contributed by atoms with Crippen molar-refractivity contribution >= 4 is 47.2 Å². The SMILES string of the molecule is Cl.Nc1ccc(CCNC(=O)C2CC(=O)N(c3ccc(Cl)cc3)C2)cc1. The number of amides is 2. The molecule has 2 amide bonds. The number of benzene rings is 2. The molecule has 1 aliphatic heterocycles. The van der Waals surface area contributed by atoms with Gasteiger partial charge in [-0.2, -0.15) is 0 Å². The van der Waals surface area contributed by atoms with Crippen LogP contribution < -0.4 is 16.0 Å². The number of nitrogen functional groups attached to an aromatic ring is 1. The van der Waals surface area contributed by atoms with Gasteiger partial charge in [0.25, 0.3) is 0 Å². The molecule has 0 aliphatic carbocycles. The molecule has 0 aromatic heterocycles. The molecule has 1 heterocycles. The first-order chi connectivity index (χ1) is 12.0. The fraction of sp³-hybridized carbons (Fsp3) is 0.263. The summed E-state index contributed by atoms with van der Waals surface area (Å²) in [5.74, 6) is -0.448. The van der Waals surface area contributed by atoms with Crippen LogP contribution in [0.5, 0.6) is 0 Å². The lowest BCUT2D eigenvalue weighted by atomic mass is 10.1. The van der Waals surface area contributed by atoms with Crippen molar-refractivity contribution in [1.29, 1.82) is 0 Å². The van der Waals surface area contributed by atoms with Gasteiger partial charge in [0.05, 0.1) is 5.92 Å². The van der Waals surface area contributed by atoms with Crippen LogP contribution in [-0.2, 0) is 16.0 Å². The molecular formula is C19H21Cl2N3O2. The summed E-state index contributed by atoms with van der Waals surface area (Å²) < 4.78 is 0. The third kappa shape index (κ3) is 4.90. The highest BCUT2D eigenvalue weighted by atomic mass is 35.5. The summed E-state index contributed by atoms with van der Waals surface area (Å²) in [4.78, 5) is 26.2. The molecule has 5 nitrogen and oxygen atoms in total. The average molecular weight is 394 g/mol. The third-order valence-corrected chi connectivity index (χ3v) is 4.58. The van der Waals surface area contributed by atoms with Crippen LogP contribution in [0.2, 0.25) is 5.02 Å². The minimum absolute atomic E-state index is 0. The van der Waals surface area contributed by atoms with Crippen molar-refractivity contribution < 1.29 is 9.59 Å². The predicted octanol–water partition coefficient (Wildman–Crippen LogP) is 3.06. The lowest BCUT2D eigenvalue weighted by Crippen LogP contribution is -2.34. The first-order valence-corrected chi connectivity index (χ1v) is 8.59. The molecule has 1 atom stereocenters. The molecule has 26 heavy (non-hydrogen) atoms. The summed E-state index contributed by atoms with van der Waals surface area (Å²) in [6.07, 6.45) is 0.962. The number of hydrogen-bond donors (Lipinski definition) is 2. The van der Waals surface area contributed by atoms with E-state index < -0.39 is 0 Å². The number of carbonyl (C=O) groups excluding carboxylic acids is 2. The van der Waals surface area contributed by atoms with Crippen LogP contribution in [0.3, 0.4) is 0 Å². The molecular weight excluding hydrogens is 373 g/mol. The zero-order valence-corrected chi connectivity index (χ0v) is 15.7. The second-order valence-electron chi connectivity index (χ2n) is 6.16. The van der Waals surface area contributed by atoms with E-state index >= 15 is 0 Å². The first kappa shape index (κ1) is 20.1. The highest BCUT2D eigenvalue weighted by Gasteiger charge is 2.34. The molecule has 0 bridgehead atoms. The van der Waals surface area contributed by atoms with E-state index in [9.17, 15) is 9.59 Å². The molecule has 138 valence electrons. The van der Waals surface area contributed by atoms with Crippen LogP contribution in [0.25, 0.3) is 0 Å². The Kier molecular flexibility index (Phi) is 6.89. The molecule has 3 N–H and O–H groups in total. The van der Waals surface area contributed by atoms with Gasteiger partial charge in [0, 0.05) is 35.9 Å². The molecule has 1 saturated heterocycles. The Bertz CT molecular complexity index is 763. The number of carbonyl (C=O) groups is 2. The molecule has 3 rings (SSSR count). The van der Waals surface area contributed by atoms with Crippen molar-refractivity contribution in [2.75, 3.05) is 23.7 Å². The number of halogens is 2. The standard InChI is InChI=1S/C19H20ClN3O2.ClH/c20-15-3-7-17(8-4-15)23-12-14(11-18(23)24)19(25)22-10-9-13-1-5-16(21)6-2-13;/h1-8,14H,9-12,21H2,(H,22,25);1H. The Balaban J connectivity index is 0.00000243. The van der Waals surface area contributed by atoms with Crippen molar-refractivity contribution in [1.82, 2.24) is 5.32 Å². The van der Waals surface area contributed by atoms with Crippen molar-refractivity contribution in [2.24, 2.45) is 5.92 Å². The van der Waals surface area contributed by atoms with E-state index in [-0.39, 0.29) is 36.6 Å². The van der Waals surface area contributed by atoms with E-state index in [0.717, 1.165) is 23.4 Å². The van der Waals surface area contributed by atoms with Gasteiger partial charge in [-0.3, -0.25) is 9.59 Å². The van der Waals surface area contributed by atoms with E-state index in [1.54, 1.807) is 29.2 Å². The monoisotopic (exact) mass is 393 g/mol. The van der Waals surface area contributed by atoms with Gasteiger partial charge in [-0.15, -0.1) is 12.4 Å². The van der Waals surface area contributed by atoms with Crippen LogP contribution in [0.4, 0.5) is 11.4 Å². The van der Waals surface area contributed by atoms with Crippen LogP contribution in [0, 0.1) is 5.92 Å². The smallest absolute Gasteiger partial charge is 0.227 e. The minimum atomic E-state index is -0.324. The third-order valence-electron chi connectivity index (χ3n) is 4.33. The van der Waals surface area contributed by atoms with E-state index in [1.165, 1.54) is 0 Å². The predicted molar refractivity (Wildman–Crippen MR) is 107 cm³/mol. The van der Waals surface area contributed by atoms with Crippen molar-refractivity contribution in [2.45, 2.75) is 12.8 Å². The second kappa shape index (κ2) is 8.92. The quantitative estimate of drug-likeness (QED) is 0.766. The largest absolute Gasteiger partial charge is 0.399 e. The number of nitrogens with two attached hydrogens (primary N) is 1. The van der Waals surface area contributed by atoms with Gasteiger partial charge >= 0.3 is 0 Å². The lowest BCUT2D eigenvalue weighted by Gasteiger charge is -2.16. The highest BCUT2D eigenvalue weighted by molar-refractivity contribution is 6.30. The Labute approximate surface area is 163 Å². The van der Waals surface area contributed by atoms with Gasteiger partial charge in [-0.1, -0.05) is 23.7 Å². The summed E-state index contributed by atoms with van der Waals surface area (Å²) in [6.45, 7) is 0.933. The molecule has 1 unspecified atom stereocenters. The Morgan fingerprint density at radius 2 is 1.81 bits per heavy atom. The van der Waals surface area contributed by atoms with Crippen LogP contribution in [0.15, 0.2) is 48.5 Å². The first-order valence-electron chi connectivity index (χ1n) is 8.21. The Hall–Kier alpha value is -2.24. The lowest BCUT2D eigenvalue weighted by molar-refractivity contribution is -0.126. The molecule has 0 spiro atoms. The zero-order valence-electron chi connectivity index (χ0n) is 14.2. The molecule has 0 saturated carbocycles. The summed E-state index contributed by atoms with van der Waals surface area (Å²) in [7, 11) is 0. The minimum Gasteiger partial charge on any atom is -0.399 e. The molecule has 7 heteroatoms. The zero-order chi connectivity index (χ0) is 17.8. The summed E-state index contributed by atoms with van der Waals surface area (Å²) >= 11 is 5.88. The van der Waals surface area contributed by atoms with Gasteiger partial charge in [0.15, 0.2) is 0 Å². The summed E-state index contributed by atoms with van der Waals surface area (Å²) in [6, 6.07) is 14.6. The van der Waals surface area contributed by atoms with E-state index in [2.05, 4.69) is 5.32 Å². The number of anilines is 2. The summed E-state index contributed by atoms with van der Waals surface area (Å²) in [5.41, 5.74) is 8.26. The molecule has 0 radical (unpaired) electrons. The maximum absolute atomic E-state index is 12.3. The van der Waals surface area contributed by atoms with Crippen LogP contribution in [0.1, 0.15) is 12.0 Å². The molecule has 1 fully saturated rings. The van der Waals surface area contributed by atoms with Gasteiger partial charge in [-0.25, -0.2) is 0 Å². The normalized spacial score (nSPS) is 16.3. The van der Waals surface area contributed by atoms with Crippen molar-refractivity contribution in [3.63, 3.8) is 0 Å². The second-order valence-corrected chi connectivity index (χ2v) is 6.60. The average Bonchev–Trinajstić information content (AvgIpc) is 2.99. The van der Waals surface area contributed by atoms with E-state index in [1.807, 2.05) is 24.3 Å². The molecule has 2 aromatic rings. The fourth-order valence-electron chi connectivity index (χ4n) is 2.91. The number of nitrogens with zero attached hydrogens (tertiary/aromatic N) is 1. The summed E-state index contributed by atoms with van der Waals surface area (Å²) in [5, 5.41) is 3.54. The fourth-order valence-corrected chi connectivity index (χ4v) is 3.04. The van der Waals surface area contributed by atoms with Crippen LogP contribution >= 0.6 is 24.0 Å². The maximum atomic E-state index is 12.3. The Morgan fingerprint density at radius 3 is 2.46 bits per heavy atom. The number of hydrogen-bond acceptors (Lipinski definition) is 3. The molecule has 1 aliphatic rings. The molecule has 2 aromatic carbocycles. The van der Waals surface area contributed by atoms with Gasteiger partial charge in [-0.05, 0) is 48.4 Å². The highest BCUT2D eigenvalue weighted by Crippen LogP contribution is 2.26. The maximum Gasteiger partial charge on any atom is 0.227 e. The van der Waals surface area contributed by atoms with E-state index in [0.29, 0.717) is 18.1 Å². The van der Waals surface area contributed by atoms with Gasteiger partial charge in [0.2, 0.25) is 11.8 Å². The van der Waals surface area contributed by atoms with Crippen molar-refractivity contribution in [3.05, 3.63) is 59.1 Å². The number of nitrogens with one attached hydrogen (secondary N) is 1.